The molecule has 0 amide bonds. The van der Waals surface area contributed by atoms with Gasteiger partial charge in [0.15, 0.2) is 0 Å². The van der Waals surface area contributed by atoms with E-state index in [9.17, 15) is 9.90 Å². The fourth-order valence-corrected chi connectivity index (χ4v) is 1.37. The first-order valence-corrected chi connectivity index (χ1v) is 4.50. The summed E-state index contributed by atoms with van der Waals surface area (Å²) in [5.41, 5.74) is 0. The predicted molar refractivity (Wildman–Crippen MR) is 46.4 cm³/mol. The summed E-state index contributed by atoms with van der Waals surface area (Å²) in [5, 5.41) is 10.1. The van der Waals surface area contributed by atoms with Crippen LogP contribution in [0.2, 0.25) is 0 Å². The van der Waals surface area contributed by atoms with Gasteiger partial charge < -0.3 is 14.4 Å². The number of hydrogen-bond acceptors (Lipinski definition) is 2. The molecular weight excluding hydrogens is 154 g/mol. The highest BCUT2D eigenvalue weighted by Crippen LogP contribution is 2.02. The second-order valence-corrected chi connectivity index (χ2v) is 3.86. The van der Waals surface area contributed by atoms with Gasteiger partial charge in [0.25, 0.3) is 0 Å². The first-order valence-electron chi connectivity index (χ1n) is 4.50. The van der Waals surface area contributed by atoms with Gasteiger partial charge in [0.2, 0.25) is 0 Å². The van der Waals surface area contributed by atoms with Gasteiger partial charge in [-0.25, -0.2) is 0 Å². The maximum absolute atomic E-state index is 10.1. The van der Waals surface area contributed by atoms with E-state index in [1.54, 1.807) is 0 Å². The molecule has 0 saturated carbocycles. The van der Waals surface area contributed by atoms with E-state index >= 15 is 0 Å². The Morgan fingerprint density at radius 1 is 1.33 bits per heavy atom. The third-order valence-electron chi connectivity index (χ3n) is 1.97. The summed E-state index contributed by atoms with van der Waals surface area (Å²) in [5.74, 6) is -0.938. The molecule has 0 radical (unpaired) electrons. The molecule has 0 aromatic heterocycles. The van der Waals surface area contributed by atoms with Crippen LogP contribution in [0.5, 0.6) is 0 Å². The average Bonchev–Trinajstić information content (AvgIpc) is 1.85. The molecule has 0 aliphatic heterocycles. The molecule has 72 valence electrons. The van der Waals surface area contributed by atoms with Crippen LogP contribution in [0.25, 0.3) is 0 Å². The van der Waals surface area contributed by atoms with E-state index in [-0.39, 0.29) is 6.42 Å². The molecule has 0 aromatic rings. The van der Waals surface area contributed by atoms with Crippen LogP contribution < -0.4 is 5.11 Å². The van der Waals surface area contributed by atoms with Crippen LogP contribution in [0.1, 0.15) is 26.2 Å². The highest BCUT2D eigenvalue weighted by Gasteiger charge is 2.11. The molecule has 0 unspecified atom stereocenters. The molecule has 0 N–H and O–H groups in total. The zero-order chi connectivity index (χ0) is 9.61. The monoisotopic (exact) mass is 173 g/mol. The highest BCUT2D eigenvalue weighted by atomic mass is 16.4. The summed E-state index contributed by atoms with van der Waals surface area (Å²) in [6, 6.07) is 0. The molecule has 0 aromatic carbocycles. The van der Waals surface area contributed by atoms with Crippen molar-refractivity contribution in [2.75, 3.05) is 27.2 Å². The highest BCUT2D eigenvalue weighted by molar-refractivity contribution is 5.64. The van der Waals surface area contributed by atoms with Crippen molar-refractivity contribution in [1.82, 2.24) is 0 Å². The summed E-state index contributed by atoms with van der Waals surface area (Å²) in [7, 11) is 4.25. The lowest BCUT2D eigenvalue weighted by Gasteiger charge is -2.29. The number of hydrogen-bond donors (Lipinski definition) is 0. The van der Waals surface area contributed by atoms with Gasteiger partial charge in [-0.05, 0) is 12.8 Å². The van der Waals surface area contributed by atoms with E-state index < -0.39 is 5.97 Å². The fourth-order valence-electron chi connectivity index (χ4n) is 1.37. The Bertz CT molecular complexity index is 143. The van der Waals surface area contributed by atoms with Crippen molar-refractivity contribution in [2.45, 2.75) is 26.2 Å². The van der Waals surface area contributed by atoms with Crippen molar-refractivity contribution in [3.8, 4) is 0 Å². The van der Waals surface area contributed by atoms with Crippen LogP contribution in [0.4, 0.5) is 0 Å². The van der Waals surface area contributed by atoms with Crippen molar-refractivity contribution < 1.29 is 14.4 Å². The first-order chi connectivity index (χ1) is 5.48. The second-order valence-electron chi connectivity index (χ2n) is 3.86. The van der Waals surface area contributed by atoms with Crippen LogP contribution in [0, 0.1) is 0 Å². The van der Waals surface area contributed by atoms with E-state index in [1.807, 2.05) is 0 Å². The predicted octanol–water partition coefficient (Wildman–Crippen LogP) is 0.00290. The maximum Gasteiger partial charge on any atom is 0.0786 e. The Morgan fingerprint density at radius 2 is 1.92 bits per heavy atom. The molecule has 0 spiro atoms. The lowest BCUT2D eigenvalue weighted by atomic mass is 10.2. The van der Waals surface area contributed by atoms with Crippen molar-refractivity contribution in [3.05, 3.63) is 0 Å². The molecule has 3 nitrogen and oxygen atoms in total. The Kier molecular flexibility index (Phi) is 4.90. The zero-order valence-electron chi connectivity index (χ0n) is 8.30. The van der Waals surface area contributed by atoms with Crippen LogP contribution in [0.3, 0.4) is 0 Å². The molecular formula is C9H19NO2. The lowest BCUT2D eigenvalue weighted by molar-refractivity contribution is -0.890. The van der Waals surface area contributed by atoms with Crippen LogP contribution in [-0.4, -0.2) is 37.6 Å². The van der Waals surface area contributed by atoms with E-state index in [1.165, 1.54) is 0 Å². The van der Waals surface area contributed by atoms with E-state index in [0.717, 1.165) is 30.4 Å². The number of nitrogens with zero attached hydrogens (tertiary/aromatic N) is 1. The second kappa shape index (κ2) is 5.14. The Hall–Kier alpha value is -0.570. The van der Waals surface area contributed by atoms with Crippen molar-refractivity contribution in [2.24, 2.45) is 0 Å². The van der Waals surface area contributed by atoms with Gasteiger partial charge >= 0.3 is 0 Å². The van der Waals surface area contributed by atoms with E-state index in [2.05, 4.69) is 21.0 Å². The van der Waals surface area contributed by atoms with Crippen LogP contribution >= 0.6 is 0 Å². The number of carbonyl (C=O) groups is 1. The SMILES string of the molecule is CCC[N+](C)(C)CCCC(=O)[O-]. The maximum atomic E-state index is 10.1. The summed E-state index contributed by atoms with van der Waals surface area (Å²) >= 11 is 0. The Labute approximate surface area is 74.6 Å². The van der Waals surface area contributed by atoms with Gasteiger partial charge in [0, 0.05) is 12.4 Å². The van der Waals surface area contributed by atoms with Crippen LogP contribution in [0.15, 0.2) is 0 Å². The third kappa shape index (κ3) is 6.16. The number of rotatable bonds is 6. The van der Waals surface area contributed by atoms with Crippen molar-refractivity contribution in [1.29, 1.82) is 0 Å². The van der Waals surface area contributed by atoms with Gasteiger partial charge in [-0.1, -0.05) is 6.92 Å². The smallest absolute Gasteiger partial charge is 0.0786 e. The number of quaternary nitrogens is 1. The normalized spacial score (nSPS) is 11.6. The van der Waals surface area contributed by atoms with Gasteiger partial charge in [-0.3, -0.25) is 0 Å². The Balaban J connectivity index is 3.53. The molecule has 12 heavy (non-hydrogen) atoms. The van der Waals surface area contributed by atoms with Gasteiger partial charge in [0.1, 0.15) is 0 Å². The third-order valence-corrected chi connectivity index (χ3v) is 1.97. The number of carbonyl (C=O) groups excluding carboxylic acids is 1. The van der Waals surface area contributed by atoms with Gasteiger partial charge in [0.05, 0.1) is 27.2 Å². The molecule has 0 bridgehead atoms. The summed E-state index contributed by atoms with van der Waals surface area (Å²) < 4.78 is 0.907. The minimum Gasteiger partial charge on any atom is -0.550 e. The minimum atomic E-state index is -0.938. The van der Waals surface area contributed by atoms with Crippen molar-refractivity contribution >= 4 is 5.97 Å². The summed E-state index contributed by atoms with van der Waals surface area (Å²) in [6.07, 6.45) is 2.04. The van der Waals surface area contributed by atoms with E-state index in [0.29, 0.717) is 0 Å². The van der Waals surface area contributed by atoms with Gasteiger partial charge in [-0.2, -0.15) is 0 Å². The van der Waals surface area contributed by atoms with E-state index in [4.69, 9.17) is 0 Å². The number of carboxylic acids is 1. The zero-order valence-corrected chi connectivity index (χ0v) is 8.30. The molecule has 0 aliphatic rings. The molecule has 3 heteroatoms. The number of carboxylic acid groups (broad SMARTS) is 1. The summed E-state index contributed by atoms with van der Waals surface area (Å²) in [4.78, 5) is 10.1. The largest absolute Gasteiger partial charge is 0.550 e. The Morgan fingerprint density at radius 3 is 2.33 bits per heavy atom. The molecule has 0 saturated heterocycles. The molecule has 0 fully saturated rings. The number of aliphatic carboxylic acids is 1. The van der Waals surface area contributed by atoms with Gasteiger partial charge in [-0.15, -0.1) is 0 Å². The lowest BCUT2D eigenvalue weighted by Crippen LogP contribution is -2.41. The molecule has 0 aliphatic carbocycles. The standard InChI is InChI=1S/C9H19NO2/c1-4-7-10(2,3)8-5-6-9(11)12/h4-8H2,1-3H3. The molecule has 0 heterocycles. The topological polar surface area (TPSA) is 40.1 Å². The first kappa shape index (κ1) is 11.4. The quantitative estimate of drug-likeness (QED) is 0.531. The fraction of sp³-hybridized carbons (Fsp3) is 0.889. The summed E-state index contributed by atoms with van der Waals surface area (Å²) in [6.45, 7) is 4.16. The molecule has 0 rings (SSSR count). The minimum absolute atomic E-state index is 0.186. The van der Waals surface area contributed by atoms with Crippen LogP contribution in [-0.2, 0) is 4.79 Å². The molecule has 0 atom stereocenters. The van der Waals surface area contributed by atoms with Crippen molar-refractivity contribution in [3.63, 3.8) is 0 Å². The average molecular weight is 173 g/mol.